The molecule has 216 valence electrons. The maximum absolute atomic E-state index is 13.0. The molecule has 2 fully saturated rings. The van der Waals surface area contributed by atoms with Crippen molar-refractivity contribution in [3.63, 3.8) is 0 Å². The highest BCUT2D eigenvalue weighted by atomic mass is 31.1. The van der Waals surface area contributed by atoms with Crippen molar-refractivity contribution in [1.29, 1.82) is 0 Å². The summed E-state index contributed by atoms with van der Waals surface area (Å²) >= 11 is 0. The van der Waals surface area contributed by atoms with Gasteiger partial charge in [-0.1, -0.05) is 12.1 Å². The predicted molar refractivity (Wildman–Crippen MR) is 156 cm³/mol. The van der Waals surface area contributed by atoms with E-state index in [1.165, 1.54) is 0 Å². The maximum atomic E-state index is 13.0. The summed E-state index contributed by atoms with van der Waals surface area (Å²) < 4.78 is 60.6. The lowest BCUT2D eigenvalue weighted by atomic mass is 9.79. The molecule has 2 aromatic rings. The lowest BCUT2D eigenvalue weighted by molar-refractivity contribution is 0.00578. The van der Waals surface area contributed by atoms with Crippen LogP contribution in [0.2, 0.25) is 0 Å². The van der Waals surface area contributed by atoms with Gasteiger partial charge < -0.3 is 28.1 Å². The third-order valence-corrected chi connectivity index (χ3v) is 8.62. The van der Waals surface area contributed by atoms with Gasteiger partial charge in [0.05, 0.1) is 35.6 Å². The zero-order chi connectivity index (χ0) is 29.5. The van der Waals surface area contributed by atoms with Crippen LogP contribution < -0.4 is 29.4 Å². The molecule has 0 aromatic heterocycles. The van der Waals surface area contributed by atoms with E-state index < -0.39 is 44.9 Å². The Labute approximate surface area is 239 Å². The van der Waals surface area contributed by atoms with Crippen LogP contribution in [0.15, 0.2) is 36.4 Å². The molecule has 0 bridgehead atoms. The smallest absolute Gasteiger partial charge is 0.490 e. The monoisotopic (exact) mass is 573 g/mol. The summed E-state index contributed by atoms with van der Waals surface area (Å²) in [6, 6.07) is 10.5. The second-order valence-electron chi connectivity index (χ2n) is 11.9. The minimum atomic E-state index is -2.62. The van der Waals surface area contributed by atoms with Gasteiger partial charge in [-0.3, -0.25) is 0 Å². The average molecular weight is 573 g/mol. The largest absolute Gasteiger partial charge is 0.805 e. The molecule has 2 heterocycles. The zero-order valence-electron chi connectivity index (χ0n) is 25.2. The third-order valence-electron chi connectivity index (χ3n) is 7.93. The lowest BCUT2D eigenvalue weighted by Crippen LogP contribution is -2.41. The first kappa shape index (κ1) is 30.7. The van der Waals surface area contributed by atoms with Crippen molar-refractivity contribution in [2.75, 3.05) is 13.2 Å². The summed E-state index contributed by atoms with van der Waals surface area (Å²) in [5.74, 6) is 1.36. The summed E-state index contributed by atoms with van der Waals surface area (Å²) in [5, 5.41) is 0. The number of ether oxygens (including phenoxy) is 2. The normalized spacial score (nSPS) is 20.4. The molecule has 40 heavy (non-hydrogen) atoms. The molecule has 2 aliphatic rings. The van der Waals surface area contributed by atoms with Gasteiger partial charge in [-0.25, -0.2) is 9.05 Å². The predicted octanol–water partition coefficient (Wildman–Crippen LogP) is 5.20. The molecule has 0 aliphatic carbocycles. The van der Waals surface area contributed by atoms with Crippen LogP contribution in [0.3, 0.4) is 0 Å². The molecule has 2 saturated heterocycles. The zero-order valence-corrected chi connectivity index (χ0v) is 26.0. The topological polar surface area (TPSA) is 90.9 Å². The lowest BCUT2D eigenvalue weighted by Gasteiger charge is -2.32. The van der Waals surface area contributed by atoms with Gasteiger partial charge in [-0.05, 0) is 104 Å². The van der Waals surface area contributed by atoms with Gasteiger partial charge in [0, 0.05) is 4.57 Å². The summed E-state index contributed by atoms with van der Waals surface area (Å²) in [6.07, 6.45) is 0. The van der Waals surface area contributed by atoms with E-state index in [0.29, 0.717) is 24.7 Å². The molecule has 0 radical (unpaired) electrons. The Morgan fingerprint density at radius 3 is 1.23 bits per heavy atom. The SMILES string of the molecule is CCOc1cc(B2OC(C)(C)C(C)(C)O2)ccc1O[P+](=O)Oc1ccc(B2OC(C)(C)C(C)(C)O2)cc1OCC. The van der Waals surface area contributed by atoms with Crippen molar-refractivity contribution in [3.8, 4) is 23.0 Å². The second kappa shape index (κ2) is 11.2. The van der Waals surface area contributed by atoms with E-state index in [4.69, 9.17) is 37.1 Å². The molecule has 0 atom stereocenters. The first-order valence-corrected chi connectivity index (χ1v) is 14.8. The van der Waals surface area contributed by atoms with Crippen LogP contribution in [0.5, 0.6) is 23.0 Å². The van der Waals surface area contributed by atoms with Gasteiger partial charge in [0.2, 0.25) is 11.5 Å². The highest BCUT2D eigenvalue weighted by Crippen LogP contribution is 2.41. The number of hydrogen-bond acceptors (Lipinski definition) is 9. The second-order valence-corrected chi connectivity index (χ2v) is 12.7. The molecular formula is C28H40B2O9P+. The fraction of sp³-hybridized carbons (Fsp3) is 0.571. The first-order chi connectivity index (χ1) is 18.6. The summed E-state index contributed by atoms with van der Waals surface area (Å²) in [6.45, 7) is 20.4. The molecule has 0 saturated carbocycles. The summed E-state index contributed by atoms with van der Waals surface area (Å²) in [7, 11) is -3.76. The van der Waals surface area contributed by atoms with Gasteiger partial charge in [-0.2, -0.15) is 0 Å². The molecule has 4 rings (SSSR count). The molecule has 0 unspecified atom stereocenters. The highest BCUT2D eigenvalue weighted by Gasteiger charge is 2.53. The van der Waals surface area contributed by atoms with Crippen molar-refractivity contribution >= 4 is 33.4 Å². The van der Waals surface area contributed by atoms with E-state index in [9.17, 15) is 4.57 Å². The van der Waals surface area contributed by atoms with Crippen molar-refractivity contribution < 1.29 is 41.7 Å². The minimum absolute atomic E-state index is 0.273. The van der Waals surface area contributed by atoms with E-state index in [2.05, 4.69) is 0 Å². The Morgan fingerprint density at radius 1 is 0.600 bits per heavy atom. The molecule has 9 nitrogen and oxygen atoms in total. The van der Waals surface area contributed by atoms with Crippen LogP contribution >= 0.6 is 8.25 Å². The van der Waals surface area contributed by atoms with Crippen LogP contribution in [0, 0.1) is 0 Å². The van der Waals surface area contributed by atoms with E-state index in [-0.39, 0.29) is 11.5 Å². The van der Waals surface area contributed by atoms with Crippen molar-refractivity contribution in [2.24, 2.45) is 0 Å². The fourth-order valence-corrected chi connectivity index (χ4v) is 4.83. The van der Waals surface area contributed by atoms with Crippen LogP contribution in [0.4, 0.5) is 0 Å². The molecule has 0 N–H and O–H groups in total. The van der Waals surface area contributed by atoms with Gasteiger partial charge in [0.1, 0.15) is 0 Å². The number of rotatable bonds is 10. The Balaban J connectivity index is 1.50. The molecule has 0 spiro atoms. The Kier molecular flexibility index (Phi) is 8.57. The average Bonchev–Trinajstić information content (AvgIpc) is 3.21. The molecule has 2 aliphatic heterocycles. The minimum Gasteiger partial charge on any atom is -0.490 e. The first-order valence-electron chi connectivity index (χ1n) is 13.7. The van der Waals surface area contributed by atoms with Gasteiger partial charge in [0.15, 0.2) is 11.5 Å². The quantitative estimate of drug-likeness (QED) is 0.281. The van der Waals surface area contributed by atoms with Gasteiger partial charge >= 0.3 is 22.5 Å². The molecule has 0 amide bonds. The fourth-order valence-electron chi connectivity index (χ4n) is 4.17. The Bertz CT molecular complexity index is 1120. The standard InChI is InChI=1S/C28H40B2O9P/c1-11-32-23-17-19(29-36-25(3,4)26(5,6)37-29)13-15-21(23)34-40(31)35-22-16-14-20(18-24(22)33-12-2)30-38-27(7,8)28(9,10)39-30/h13-18H,11-12H2,1-10H3/q+1. The van der Waals surface area contributed by atoms with Crippen molar-refractivity contribution in [2.45, 2.75) is 91.6 Å². The van der Waals surface area contributed by atoms with Gasteiger partial charge in [0.25, 0.3) is 0 Å². The number of hydrogen-bond donors (Lipinski definition) is 0. The highest BCUT2D eigenvalue weighted by molar-refractivity contribution is 7.34. The van der Waals surface area contributed by atoms with Crippen LogP contribution in [-0.4, -0.2) is 49.9 Å². The third kappa shape index (κ3) is 6.14. The number of benzene rings is 2. The Hall–Kier alpha value is -2.29. The van der Waals surface area contributed by atoms with Crippen LogP contribution in [-0.2, 0) is 23.2 Å². The van der Waals surface area contributed by atoms with Crippen LogP contribution in [0.25, 0.3) is 0 Å². The Morgan fingerprint density at radius 2 is 0.925 bits per heavy atom. The molecule has 12 heteroatoms. The van der Waals surface area contributed by atoms with E-state index in [1.807, 2.05) is 69.2 Å². The molecule has 2 aromatic carbocycles. The van der Waals surface area contributed by atoms with Crippen LogP contribution in [0.1, 0.15) is 69.2 Å². The van der Waals surface area contributed by atoms with Gasteiger partial charge in [-0.15, -0.1) is 0 Å². The van der Waals surface area contributed by atoms with E-state index in [1.54, 1.807) is 36.4 Å². The summed E-state index contributed by atoms with van der Waals surface area (Å²) in [4.78, 5) is 0. The molecular weight excluding hydrogens is 533 g/mol. The van der Waals surface area contributed by atoms with E-state index in [0.717, 1.165) is 10.9 Å². The maximum Gasteiger partial charge on any atom is 0.805 e. The van der Waals surface area contributed by atoms with Crippen molar-refractivity contribution in [1.82, 2.24) is 0 Å². The van der Waals surface area contributed by atoms with Crippen molar-refractivity contribution in [3.05, 3.63) is 36.4 Å². The van der Waals surface area contributed by atoms with E-state index >= 15 is 0 Å². The summed E-state index contributed by atoms with van der Waals surface area (Å²) in [5.41, 5.74) is -0.388.